The zero-order chi connectivity index (χ0) is 19.5. The fraction of sp³-hybridized carbons (Fsp3) is 0.333. The van der Waals surface area contributed by atoms with Gasteiger partial charge < -0.3 is 20.5 Å². The predicted molar refractivity (Wildman–Crippen MR) is 105 cm³/mol. The van der Waals surface area contributed by atoms with Crippen molar-refractivity contribution in [1.82, 2.24) is 0 Å². The van der Waals surface area contributed by atoms with Gasteiger partial charge in [-0.25, -0.2) is 0 Å². The maximum atomic E-state index is 12.5. The minimum Gasteiger partial charge on any atom is -0.494 e. The first kappa shape index (κ1) is 20.3. The van der Waals surface area contributed by atoms with Crippen molar-refractivity contribution in [2.75, 3.05) is 18.5 Å². The van der Waals surface area contributed by atoms with Crippen LogP contribution in [0.4, 0.5) is 5.69 Å². The van der Waals surface area contributed by atoms with E-state index in [1.165, 1.54) is 0 Å². The number of carbonyl (C=O) groups excluding carboxylic acids is 2. The maximum absolute atomic E-state index is 12.5. The Hall–Kier alpha value is -3.02. The Bertz CT molecular complexity index is 744. The number of nitrogens with two attached hydrogens (primary N) is 1. The average molecular weight is 370 g/mol. The third-order valence-electron chi connectivity index (χ3n) is 3.87. The van der Waals surface area contributed by atoms with E-state index in [2.05, 4.69) is 12.2 Å². The van der Waals surface area contributed by atoms with Crippen molar-refractivity contribution in [2.24, 2.45) is 5.73 Å². The number of anilines is 1. The Labute approximate surface area is 159 Å². The SMILES string of the molecule is CCCCCOc1ccc(C(=O)Nc2ccccc2OCCC(N)=O)cc1. The fourth-order valence-corrected chi connectivity index (χ4v) is 2.40. The third kappa shape index (κ3) is 7.01. The predicted octanol–water partition coefficient (Wildman–Crippen LogP) is 3.76. The first-order chi connectivity index (χ1) is 13.1. The number of unbranched alkanes of at least 4 members (excludes halogenated alkanes) is 2. The first-order valence-electron chi connectivity index (χ1n) is 9.14. The highest BCUT2D eigenvalue weighted by atomic mass is 16.5. The highest BCUT2D eigenvalue weighted by Crippen LogP contribution is 2.25. The smallest absolute Gasteiger partial charge is 0.255 e. The fourth-order valence-electron chi connectivity index (χ4n) is 2.40. The molecule has 6 nitrogen and oxygen atoms in total. The van der Waals surface area contributed by atoms with Crippen molar-refractivity contribution in [3.8, 4) is 11.5 Å². The van der Waals surface area contributed by atoms with Crippen LogP contribution >= 0.6 is 0 Å². The normalized spacial score (nSPS) is 10.3. The van der Waals surface area contributed by atoms with E-state index < -0.39 is 5.91 Å². The van der Waals surface area contributed by atoms with Gasteiger partial charge in [-0.3, -0.25) is 9.59 Å². The number of benzene rings is 2. The molecule has 3 N–H and O–H groups in total. The second-order valence-corrected chi connectivity index (χ2v) is 6.10. The monoisotopic (exact) mass is 370 g/mol. The van der Waals surface area contributed by atoms with Gasteiger partial charge in [-0.15, -0.1) is 0 Å². The lowest BCUT2D eigenvalue weighted by Gasteiger charge is -2.12. The van der Waals surface area contributed by atoms with Crippen molar-refractivity contribution in [2.45, 2.75) is 32.6 Å². The molecule has 0 aliphatic carbocycles. The zero-order valence-corrected chi connectivity index (χ0v) is 15.6. The summed E-state index contributed by atoms with van der Waals surface area (Å²) in [7, 11) is 0. The summed E-state index contributed by atoms with van der Waals surface area (Å²) in [4.78, 5) is 23.3. The standard InChI is InChI=1S/C21H26N2O4/c1-2-3-6-14-26-17-11-9-16(10-12-17)21(25)23-18-7-4-5-8-19(18)27-15-13-20(22)24/h4-5,7-12H,2-3,6,13-15H2,1H3,(H2,22,24)(H,23,25). The van der Waals surface area contributed by atoms with Crippen LogP contribution < -0.4 is 20.5 Å². The van der Waals surface area contributed by atoms with Crippen molar-refractivity contribution >= 4 is 17.5 Å². The largest absolute Gasteiger partial charge is 0.494 e. The number of hydrogen-bond donors (Lipinski definition) is 2. The van der Waals surface area contributed by atoms with Crippen LogP contribution in [0.25, 0.3) is 0 Å². The molecule has 27 heavy (non-hydrogen) atoms. The lowest BCUT2D eigenvalue weighted by atomic mass is 10.2. The van der Waals surface area contributed by atoms with Crippen LogP contribution in [0.15, 0.2) is 48.5 Å². The molecule has 2 amide bonds. The van der Waals surface area contributed by atoms with Gasteiger partial charge in [-0.05, 0) is 42.8 Å². The molecule has 144 valence electrons. The van der Waals surface area contributed by atoms with E-state index in [9.17, 15) is 9.59 Å². The Kier molecular flexibility index (Phi) is 8.16. The van der Waals surface area contributed by atoms with Crippen molar-refractivity contribution in [3.05, 3.63) is 54.1 Å². The summed E-state index contributed by atoms with van der Waals surface area (Å²) in [5.74, 6) is 0.549. The molecular weight excluding hydrogens is 344 g/mol. The van der Waals surface area contributed by atoms with E-state index in [0.717, 1.165) is 25.0 Å². The van der Waals surface area contributed by atoms with E-state index in [1.54, 1.807) is 48.5 Å². The van der Waals surface area contributed by atoms with Crippen LogP contribution in [-0.2, 0) is 4.79 Å². The lowest BCUT2D eigenvalue weighted by Crippen LogP contribution is -2.16. The lowest BCUT2D eigenvalue weighted by molar-refractivity contribution is -0.118. The molecule has 2 rings (SSSR count). The number of para-hydroxylation sites is 2. The summed E-state index contributed by atoms with van der Waals surface area (Å²) in [5.41, 5.74) is 6.16. The molecule has 0 aromatic heterocycles. The molecule has 0 aliphatic rings. The third-order valence-corrected chi connectivity index (χ3v) is 3.87. The number of rotatable bonds is 11. The Morgan fingerprint density at radius 1 is 0.963 bits per heavy atom. The Morgan fingerprint density at radius 3 is 2.41 bits per heavy atom. The van der Waals surface area contributed by atoms with Crippen molar-refractivity contribution in [1.29, 1.82) is 0 Å². The van der Waals surface area contributed by atoms with E-state index in [1.807, 2.05) is 0 Å². The van der Waals surface area contributed by atoms with Gasteiger partial charge in [-0.1, -0.05) is 31.9 Å². The Morgan fingerprint density at radius 2 is 1.70 bits per heavy atom. The summed E-state index contributed by atoms with van der Waals surface area (Å²) in [5, 5.41) is 2.82. The molecular formula is C21H26N2O4. The second-order valence-electron chi connectivity index (χ2n) is 6.10. The Balaban J connectivity index is 1.93. The van der Waals surface area contributed by atoms with Crippen LogP contribution in [0.2, 0.25) is 0 Å². The highest BCUT2D eigenvalue weighted by molar-refractivity contribution is 6.05. The van der Waals surface area contributed by atoms with Gasteiger partial charge in [0.15, 0.2) is 0 Å². The number of ether oxygens (including phenoxy) is 2. The van der Waals surface area contributed by atoms with Gasteiger partial charge in [0.25, 0.3) is 5.91 Å². The molecule has 0 spiro atoms. The maximum Gasteiger partial charge on any atom is 0.255 e. The van der Waals surface area contributed by atoms with Crippen LogP contribution in [-0.4, -0.2) is 25.0 Å². The van der Waals surface area contributed by atoms with Crippen molar-refractivity contribution in [3.63, 3.8) is 0 Å². The van der Waals surface area contributed by atoms with Crippen LogP contribution in [0, 0.1) is 0 Å². The summed E-state index contributed by atoms with van der Waals surface area (Å²) in [6.45, 7) is 2.98. The topological polar surface area (TPSA) is 90.7 Å². The van der Waals surface area contributed by atoms with Gasteiger partial charge in [0.2, 0.25) is 5.91 Å². The van der Waals surface area contributed by atoms with Gasteiger partial charge in [-0.2, -0.15) is 0 Å². The molecule has 0 bridgehead atoms. The molecule has 0 heterocycles. The molecule has 2 aromatic rings. The molecule has 0 radical (unpaired) electrons. The van der Waals surface area contributed by atoms with E-state index in [4.69, 9.17) is 15.2 Å². The van der Waals surface area contributed by atoms with Gasteiger partial charge in [0.05, 0.1) is 25.3 Å². The first-order valence-corrected chi connectivity index (χ1v) is 9.14. The molecule has 0 saturated heterocycles. The number of hydrogen-bond acceptors (Lipinski definition) is 4. The quantitative estimate of drug-likeness (QED) is 0.589. The number of amides is 2. The minimum absolute atomic E-state index is 0.113. The molecule has 6 heteroatoms. The molecule has 0 aliphatic heterocycles. The van der Waals surface area contributed by atoms with Crippen LogP contribution in [0.5, 0.6) is 11.5 Å². The zero-order valence-electron chi connectivity index (χ0n) is 15.6. The molecule has 0 fully saturated rings. The molecule has 0 saturated carbocycles. The van der Waals surface area contributed by atoms with Crippen LogP contribution in [0.1, 0.15) is 43.0 Å². The summed E-state index contributed by atoms with van der Waals surface area (Å²) >= 11 is 0. The van der Waals surface area contributed by atoms with Gasteiger partial charge in [0, 0.05) is 5.56 Å². The molecule has 0 unspecified atom stereocenters. The number of carbonyl (C=O) groups is 2. The van der Waals surface area contributed by atoms with Crippen molar-refractivity contribution < 1.29 is 19.1 Å². The summed E-state index contributed by atoms with van der Waals surface area (Å²) in [6, 6.07) is 14.1. The van der Waals surface area contributed by atoms with E-state index in [0.29, 0.717) is 23.6 Å². The summed E-state index contributed by atoms with van der Waals surface area (Å²) < 4.78 is 11.2. The molecule has 2 aromatic carbocycles. The van der Waals surface area contributed by atoms with Gasteiger partial charge >= 0.3 is 0 Å². The highest BCUT2D eigenvalue weighted by Gasteiger charge is 2.10. The van der Waals surface area contributed by atoms with E-state index >= 15 is 0 Å². The minimum atomic E-state index is -0.437. The second kappa shape index (κ2) is 10.9. The number of primary amides is 1. The summed E-state index contributed by atoms with van der Waals surface area (Å²) in [6.07, 6.45) is 3.42. The van der Waals surface area contributed by atoms with Gasteiger partial charge in [0.1, 0.15) is 11.5 Å². The molecule has 0 atom stereocenters. The average Bonchev–Trinajstić information content (AvgIpc) is 2.67. The van der Waals surface area contributed by atoms with E-state index in [-0.39, 0.29) is 18.9 Å². The van der Waals surface area contributed by atoms with Crippen LogP contribution in [0.3, 0.4) is 0 Å². The number of nitrogens with one attached hydrogen (secondary N) is 1.